The van der Waals surface area contributed by atoms with Crippen LogP contribution < -0.4 is 5.32 Å². The summed E-state index contributed by atoms with van der Waals surface area (Å²) in [6.07, 6.45) is 2.83. The van der Waals surface area contributed by atoms with E-state index in [9.17, 15) is 4.79 Å². The molecular weight excluding hydrogens is 324 g/mol. The van der Waals surface area contributed by atoms with Gasteiger partial charge >= 0.3 is 0 Å². The van der Waals surface area contributed by atoms with E-state index in [1.807, 2.05) is 20.8 Å². The highest BCUT2D eigenvalue weighted by Gasteiger charge is 2.33. The van der Waals surface area contributed by atoms with Crippen LogP contribution in [-0.2, 0) is 0 Å². The summed E-state index contributed by atoms with van der Waals surface area (Å²) in [5, 5.41) is 20.9. The Balaban J connectivity index is 1.89. The third-order valence-corrected chi connectivity index (χ3v) is 3.61. The molecule has 25 heavy (non-hydrogen) atoms. The van der Waals surface area contributed by atoms with Gasteiger partial charge in [-0.15, -0.1) is 0 Å². The van der Waals surface area contributed by atoms with Crippen molar-refractivity contribution in [1.82, 2.24) is 40.8 Å². The summed E-state index contributed by atoms with van der Waals surface area (Å²) in [4.78, 5) is 21.0. The number of rotatable bonds is 4. The molecule has 3 heterocycles. The van der Waals surface area contributed by atoms with Gasteiger partial charge in [0.15, 0.2) is 5.82 Å². The number of H-pyrrole nitrogens is 1. The highest BCUT2D eigenvalue weighted by molar-refractivity contribution is 5.95. The number of nitrogens with one attached hydrogen (secondary N) is 2. The van der Waals surface area contributed by atoms with E-state index >= 15 is 0 Å². The molecule has 10 nitrogen and oxygen atoms in total. The van der Waals surface area contributed by atoms with E-state index in [-0.39, 0.29) is 23.0 Å². The molecule has 0 bridgehead atoms. The Morgan fingerprint density at radius 3 is 2.80 bits per heavy atom. The Bertz CT molecular complexity index is 866. The van der Waals surface area contributed by atoms with Gasteiger partial charge in [0.2, 0.25) is 11.7 Å². The van der Waals surface area contributed by atoms with Gasteiger partial charge in [0, 0.05) is 0 Å². The van der Waals surface area contributed by atoms with Crippen LogP contribution in [0.1, 0.15) is 48.8 Å². The van der Waals surface area contributed by atoms with Crippen LogP contribution in [0.25, 0.3) is 11.6 Å². The number of amides is 1. The molecule has 2 N–H and O–H groups in total. The fourth-order valence-electron chi connectivity index (χ4n) is 2.26. The normalized spacial score (nSPS) is 12.8. The van der Waals surface area contributed by atoms with Crippen molar-refractivity contribution in [2.75, 3.05) is 0 Å². The molecule has 3 aromatic heterocycles. The zero-order valence-electron chi connectivity index (χ0n) is 14.3. The van der Waals surface area contributed by atoms with Gasteiger partial charge in [-0.1, -0.05) is 25.9 Å². The van der Waals surface area contributed by atoms with Gasteiger partial charge in [0.25, 0.3) is 5.91 Å². The van der Waals surface area contributed by atoms with Crippen molar-refractivity contribution in [3.8, 4) is 11.6 Å². The second-order valence-electron chi connectivity index (χ2n) is 6.59. The molecule has 0 aliphatic carbocycles. The van der Waals surface area contributed by atoms with E-state index in [0.29, 0.717) is 17.1 Å². The van der Waals surface area contributed by atoms with Crippen LogP contribution in [0.4, 0.5) is 0 Å². The van der Waals surface area contributed by atoms with E-state index < -0.39 is 6.04 Å². The van der Waals surface area contributed by atoms with Crippen molar-refractivity contribution < 1.29 is 9.32 Å². The van der Waals surface area contributed by atoms with Crippen molar-refractivity contribution in [1.29, 1.82) is 0 Å². The molecule has 0 saturated heterocycles. The lowest BCUT2D eigenvalue weighted by Gasteiger charge is -2.28. The van der Waals surface area contributed by atoms with Crippen molar-refractivity contribution in [3.63, 3.8) is 0 Å². The molecule has 0 aliphatic rings. The van der Waals surface area contributed by atoms with Crippen LogP contribution in [0, 0.1) is 12.3 Å². The minimum absolute atomic E-state index is 0.276. The Morgan fingerprint density at radius 1 is 1.36 bits per heavy atom. The highest BCUT2D eigenvalue weighted by atomic mass is 16.5. The Hall–Kier alpha value is -3.17. The predicted octanol–water partition coefficient (Wildman–Crippen LogP) is 1.47. The van der Waals surface area contributed by atoms with Gasteiger partial charge in [-0.05, 0) is 18.4 Å². The summed E-state index contributed by atoms with van der Waals surface area (Å²) in [5.41, 5.74) is 0.620. The maximum atomic E-state index is 12.6. The van der Waals surface area contributed by atoms with Crippen molar-refractivity contribution >= 4 is 5.91 Å². The van der Waals surface area contributed by atoms with E-state index in [1.54, 1.807) is 13.0 Å². The van der Waals surface area contributed by atoms with Crippen molar-refractivity contribution in [2.24, 2.45) is 5.41 Å². The fraction of sp³-hybridized carbons (Fsp3) is 0.400. The van der Waals surface area contributed by atoms with E-state index in [1.165, 1.54) is 12.5 Å². The monoisotopic (exact) mass is 342 g/mol. The number of hydrogen-bond acceptors (Lipinski definition) is 8. The molecule has 3 rings (SSSR count). The van der Waals surface area contributed by atoms with E-state index in [4.69, 9.17) is 4.52 Å². The quantitative estimate of drug-likeness (QED) is 0.727. The van der Waals surface area contributed by atoms with Crippen LogP contribution in [0.15, 0.2) is 23.1 Å². The van der Waals surface area contributed by atoms with Crippen molar-refractivity contribution in [3.05, 3.63) is 35.7 Å². The molecule has 3 aromatic rings. The number of carbonyl (C=O) groups excluding carboxylic acids is 1. The molecule has 1 amide bonds. The maximum Gasteiger partial charge on any atom is 0.253 e. The Morgan fingerprint density at radius 2 is 2.16 bits per heavy atom. The lowest BCUT2D eigenvalue weighted by Crippen LogP contribution is -2.37. The molecule has 0 radical (unpaired) electrons. The second-order valence-corrected chi connectivity index (χ2v) is 6.59. The number of nitrogens with zero attached hydrogens (tertiary/aromatic N) is 6. The van der Waals surface area contributed by atoms with E-state index in [0.717, 1.165) is 0 Å². The highest BCUT2D eigenvalue weighted by Crippen LogP contribution is 2.32. The van der Waals surface area contributed by atoms with Crippen LogP contribution in [-0.4, -0.2) is 41.4 Å². The van der Waals surface area contributed by atoms with Crippen LogP contribution in [0.2, 0.25) is 0 Å². The summed E-state index contributed by atoms with van der Waals surface area (Å²) in [6, 6.07) is 1.11. The molecule has 130 valence electrons. The minimum atomic E-state index is -0.503. The number of aromatic nitrogens is 7. The van der Waals surface area contributed by atoms with Gasteiger partial charge in [-0.2, -0.15) is 20.3 Å². The summed E-state index contributed by atoms with van der Waals surface area (Å²) >= 11 is 0. The third kappa shape index (κ3) is 3.52. The largest absolute Gasteiger partial charge is 0.340 e. The van der Waals surface area contributed by atoms with Crippen LogP contribution in [0.5, 0.6) is 0 Å². The lowest BCUT2D eigenvalue weighted by atomic mass is 9.86. The van der Waals surface area contributed by atoms with E-state index in [2.05, 4.69) is 40.8 Å². The van der Waals surface area contributed by atoms with Gasteiger partial charge in [-0.3, -0.25) is 9.89 Å². The molecular formula is C15H18N8O2. The average molecular weight is 342 g/mol. The number of hydrogen-bond donors (Lipinski definition) is 2. The summed E-state index contributed by atoms with van der Waals surface area (Å²) in [5.74, 6) is 0.666. The van der Waals surface area contributed by atoms with Gasteiger partial charge < -0.3 is 9.84 Å². The molecule has 10 heteroatoms. The molecule has 0 spiro atoms. The molecule has 0 aliphatic heterocycles. The average Bonchev–Trinajstić information content (AvgIpc) is 3.22. The first kappa shape index (κ1) is 16.7. The standard InChI is InChI=1S/C15H18N8O2/c1-8-9(5-6-17-21-8)13(24)19-10(15(2,3)4)14-20-12(23-25-14)11-16-7-18-22-11/h5-7,10H,1-4H3,(H,19,24)(H,16,18,22). The number of carbonyl (C=O) groups is 1. The summed E-state index contributed by atoms with van der Waals surface area (Å²) in [7, 11) is 0. The summed E-state index contributed by atoms with van der Waals surface area (Å²) < 4.78 is 5.35. The zero-order chi connectivity index (χ0) is 18.0. The smallest absolute Gasteiger partial charge is 0.253 e. The van der Waals surface area contributed by atoms with Gasteiger partial charge in [0.1, 0.15) is 12.4 Å². The molecule has 0 saturated carbocycles. The Labute approximate surface area is 143 Å². The van der Waals surface area contributed by atoms with Crippen LogP contribution >= 0.6 is 0 Å². The van der Waals surface area contributed by atoms with Gasteiger partial charge in [-0.25, -0.2) is 4.98 Å². The number of aryl methyl sites for hydroxylation is 1. The molecule has 1 unspecified atom stereocenters. The number of aromatic amines is 1. The topological polar surface area (TPSA) is 135 Å². The molecule has 1 atom stereocenters. The summed E-state index contributed by atoms with van der Waals surface area (Å²) in [6.45, 7) is 7.62. The molecule has 0 aromatic carbocycles. The first-order valence-electron chi connectivity index (χ1n) is 7.65. The van der Waals surface area contributed by atoms with Gasteiger partial charge in [0.05, 0.1) is 17.5 Å². The first-order chi connectivity index (χ1) is 11.9. The Kier molecular flexibility index (Phi) is 4.26. The minimum Gasteiger partial charge on any atom is -0.340 e. The zero-order valence-corrected chi connectivity index (χ0v) is 14.3. The predicted molar refractivity (Wildman–Crippen MR) is 86.1 cm³/mol. The van der Waals surface area contributed by atoms with Crippen LogP contribution in [0.3, 0.4) is 0 Å². The van der Waals surface area contributed by atoms with Crippen molar-refractivity contribution in [2.45, 2.75) is 33.7 Å². The molecule has 0 fully saturated rings. The third-order valence-electron chi connectivity index (χ3n) is 3.61. The second kappa shape index (κ2) is 6.38. The fourth-order valence-corrected chi connectivity index (χ4v) is 2.26. The first-order valence-corrected chi connectivity index (χ1v) is 7.65. The SMILES string of the molecule is Cc1nnccc1C(=O)NC(c1nc(-c2ncn[nH]2)no1)C(C)(C)C. The maximum absolute atomic E-state index is 12.6. The lowest BCUT2D eigenvalue weighted by molar-refractivity contribution is 0.0879.